The highest BCUT2D eigenvalue weighted by Crippen LogP contribution is 2.05. The molecule has 6 nitrogen and oxygen atoms in total. The third kappa shape index (κ3) is 5.27. The molecule has 0 aromatic heterocycles. The molecule has 0 fully saturated rings. The van der Waals surface area contributed by atoms with E-state index in [1.807, 2.05) is 13.0 Å². The summed E-state index contributed by atoms with van der Waals surface area (Å²) >= 11 is 0. The van der Waals surface area contributed by atoms with Crippen LogP contribution in [0.1, 0.15) is 22.8 Å². The molecule has 1 rings (SSSR count). The van der Waals surface area contributed by atoms with E-state index in [4.69, 9.17) is 5.11 Å². The maximum absolute atomic E-state index is 11.5. The van der Waals surface area contributed by atoms with Gasteiger partial charge in [-0.15, -0.1) is 0 Å². The molecule has 0 aliphatic rings. The van der Waals surface area contributed by atoms with Gasteiger partial charge in [0.15, 0.2) is 0 Å². The van der Waals surface area contributed by atoms with Gasteiger partial charge in [-0.05, 0) is 23.6 Å². The number of nitrogens with one attached hydrogen (secondary N) is 3. The van der Waals surface area contributed by atoms with Crippen molar-refractivity contribution in [1.82, 2.24) is 16.0 Å². The zero-order valence-electron chi connectivity index (χ0n) is 11.8. The van der Waals surface area contributed by atoms with Gasteiger partial charge in [0.1, 0.15) is 0 Å². The Balaban J connectivity index is 2.45. The number of hydrogen-bond acceptors (Lipinski definition) is 3. The minimum Gasteiger partial charge on any atom is -0.396 e. The monoisotopic (exact) mass is 279 g/mol. The first-order chi connectivity index (χ1) is 9.56. The average molecular weight is 279 g/mol. The molecule has 1 unspecified atom stereocenters. The average Bonchev–Trinajstić information content (AvgIpc) is 2.49. The SMILES string of the molecule is CNC(=O)c1cccc(CNC(=O)NCC(C)CO)c1. The molecular weight excluding hydrogens is 258 g/mol. The van der Waals surface area contributed by atoms with Gasteiger partial charge in [-0.3, -0.25) is 4.79 Å². The highest BCUT2D eigenvalue weighted by molar-refractivity contribution is 5.94. The molecule has 20 heavy (non-hydrogen) atoms. The lowest BCUT2D eigenvalue weighted by molar-refractivity contribution is 0.0963. The third-order valence-corrected chi connectivity index (χ3v) is 2.79. The van der Waals surface area contributed by atoms with E-state index >= 15 is 0 Å². The zero-order valence-corrected chi connectivity index (χ0v) is 11.8. The maximum Gasteiger partial charge on any atom is 0.315 e. The highest BCUT2D eigenvalue weighted by Gasteiger charge is 2.06. The van der Waals surface area contributed by atoms with Crippen LogP contribution in [-0.4, -0.2) is 37.2 Å². The Bertz CT molecular complexity index is 463. The van der Waals surface area contributed by atoms with Crippen LogP contribution < -0.4 is 16.0 Å². The lowest BCUT2D eigenvalue weighted by Gasteiger charge is -2.11. The van der Waals surface area contributed by atoms with Gasteiger partial charge < -0.3 is 21.1 Å². The summed E-state index contributed by atoms with van der Waals surface area (Å²) in [4.78, 5) is 23.0. The van der Waals surface area contributed by atoms with E-state index < -0.39 is 0 Å². The van der Waals surface area contributed by atoms with Crippen molar-refractivity contribution < 1.29 is 14.7 Å². The molecule has 0 spiro atoms. The highest BCUT2D eigenvalue weighted by atomic mass is 16.3. The number of rotatable bonds is 6. The Morgan fingerprint density at radius 2 is 2.05 bits per heavy atom. The van der Waals surface area contributed by atoms with E-state index in [2.05, 4.69) is 16.0 Å². The van der Waals surface area contributed by atoms with Crippen molar-refractivity contribution in [2.45, 2.75) is 13.5 Å². The van der Waals surface area contributed by atoms with Gasteiger partial charge in [0, 0.05) is 32.3 Å². The molecule has 3 amide bonds. The number of aliphatic hydroxyl groups is 1. The molecule has 1 atom stereocenters. The molecule has 0 aliphatic heterocycles. The smallest absolute Gasteiger partial charge is 0.315 e. The van der Waals surface area contributed by atoms with Gasteiger partial charge in [0.25, 0.3) is 5.91 Å². The number of carbonyl (C=O) groups is 2. The fourth-order valence-corrected chi connectivity index (χ4v) is 1.54. The quantitative estimate of drug-likeness (QED) is 0.610. The van der Waals surface area contributed by atoms with E-state index in [-0.39, 0.29) is 24.5 Å². The Morgan fingerprint density at radius 1 is 1.30 bits per heavy atom. The van der Waals surface area contributed by atoms with Crippen molar-refractivity contribution >= 4 is 11.9 Å². The van der Waals surface area contributed by atoms with Gasteiger partial charge in [0.05, 0.1) is 0 Å². The second-order valence-electron chi connectivity index (χ2n) is 4.63. The molecule has 0 heterocycles. The molecule has 0 aliphatic carbocycles. The van der Waals surface area contributed by atoms with E-state index in [9.17, 15) is 9.59 Å². The van der Waals surface area contributed by atoms with E-state index in [1.165, 1.54) is 0 Å². The molecule has 4 N–H and O–H groups in total. The van der Waals surface area contributed by atoms with E-state index in [0.717, 1.165) is 5.56 Å². The van der Waals surface area contributed by atoms with Crippen molar-refractivity contribution in [3.63, 3.8) is 0 Å². The van der Waals surface area contributed by atoms with Crippen molar-refractivity contribution in [1.29, 1.82) is 0 Å². The number of carbonyl (C=O) groups excluding carboxylic acids is 2. The van der Waals surface area contributed by atoms with Gasteiger partial charge in [-0.1, -0.05) is 19.1 Å². The molecule has 0 saturated carbocycles. The summed E-state index contributed by atoms with van der Waals surface area (Å²) in [6, 6.07) is 6.76. The van der Waals surface area contributed by atoms with Gasteiger partial charge in [0.2, 0.25) is 0 Å². The van der Waals surface area contributed by atoms with Gasteiger partial charge >= 0.3 is 6.03 Å². The van der Waals surface area contributed by atoms with Gasteiger partial charge in [-0.2, -0.15) is 0 Å². The second kappa shape index (κ2) is 8.16. The summed E-state index contributed by atoms with van der Waals surface area (Å²) in [5.74, 6) is -0.134. The van der Waals surface area contributed by atoms with Crippen molar-refractivity contribution in [3.05, 3.63) is 35.4 Å². The third-order valence-electron chi connectivity index (χ3n) is 2.79. The van der Waals surface area contributed by atoms with Crippen molar-refractivity contribution in [2.75, 3.05) is 20.2 Å². The van der Waals surface area contributed by atoms with Crippen LogP contribution in [0, 0.1) is 5.92 Å². The number of urea groups is 1. The predicted molar refractivity (Wildman–Crippen MR) is 76.3 cm³/mol. The fraction of sp³-hybridized carbons (Fsp3) is 0.429. The fourth-order valence-electron chi connectivity index (χ4n) is 1.54. The molecular formula is C14H21N3O3. The van der Waals surface area contributed by atoms with Gasteiger partial charge in [-0.25, -0.2) is 4.79 Å². The summed E-state index contributed by atoms with van der Waals surface area (Å²) in [5.41, 5.74) is 1.40. The lowest BCUT2D eigenvalue weighted by atomic mass is 10.1. The first-order valence-corrected chi connectivity index (χ1v) is 6.50. The molecule has 0 radical (unpaired) electrons. The molecule has 110 valence electrons. The van der Waals surface area contributed by atoms with Crippen LogP contribution in [0.5, 0.6) is 0 Å². The number of benzene rings is 1. The first-order valence-electron chi connectivity index (χ1n) is 6.50. The summed E-state index contributed by atoms with van der Waals surface area (Å²) < 4.78 is 0. The van der Waals surface area contributed by atoms with Crippen LogP contribution in [0.3, 0.4) is 0 Å². The minimum atomic E-state index is -0.296. The predicted octanol–water partition coefficient (Wildman–Crippen LogP) is 0.474. The maximum atomic E-state index is 11.5. The Morgan fingerprint density at radius 3 is 2.70 bits per heavy atom. The van der Waals surface area contributed by atoms with Crippen LogP contribution in [0.4, 0.5) is 4.79 Å². The van der Waals surface area contributed by atoms with Crippen LogP contribution in [0.25, 0.3) is 0 Å². The summed E-state index contributed by atoms with van der Waals surface area (Å²) in [7, 11) is 1.57. The lowest BCUT2D eigenvalue weighted by Crippen LogP contribution is -2.38. The van der Waals surface area contributed by atoms with Crippen molar-refractivity contribution in [2.24, 2.45) is 5.92 Å². The second-order valence-corrected chi connectivity index (χ2v) is 4.63. The largest absolute Gasteiger partial charge is 0.396 e. The summed E-state index contributed by atoms with van der Waals surface area (Å²) in [6.45, 7) is 2.63. The van der Waals surface area contributed by atoms with Crippen LogP contribution >= 0.6 is 0 Å². The topological polar surface area (TPSA) is 90.5 Å². The number of aliphatic hydroxyl groups excluding tert-OH is 1. The molecule has 1 aromatic rings. The zero-order chi connectivity index (χ0) is 15.0. The van der Waals surface area contributed by atoms with E-state index in [0.29, 0.717) is 18.7 Å². The number of amides is 3. The van der Waals surface area contributed by atoms with Crippen molar-refractivity contribution in [3.8, 4) is 0 Å². The molecule has 0 saturated heterocycles. The normalized spacial score (nSPS) is 11.6. The minimum absolute atomic E-state index is 0.0253. The Kier molecular flexibility index (Phi) is 6.52. The first kappa shape index (κ1) is 16.0. The van der Waals surface area contributed by atoms with Crippen LogP contribution in [-0.2, 0) is 6.54 Å². The van der Waals surface area contributed by atoms with Crippen LogP contribution in [0.15, 0.2) is 24.3 Å². The molecule has 6 heteroatoms. The number of hydrogen-bond donors (Lipinski definition) is 4. The summed E-state index contributed by atoms with van der Waals surface area (Å²) in [6.07, 6.45) is 0. The Hall–Kier alpha value is -2.08. The molecule has 0 bridgehead atoms. The molecule has 1 aromatic carbocycles. The van der Waals surface area contributed by atoms with Crippen LogP contribution in [0.2, 0.25) is 0 Å². The Labute approximate surface area is 118 Å². The summed E-state index contributed by atoms with van der Waals surface area (Å²) in [5, 5.41) is 16.8. The standard InChI is InChI=1S/C14H21N3O3/c1-10(9-18)7-16-14(20)17-8-11-4-3-5-12(6-11)13(19)15-2/h3-6,10,18H,7-9H2,1-2H3,(H,15,19)(H2,16,17,20). The van der Waals surface area contributed by atoms with E-state index in [1.54, 1.807) is 25.2 Å².